The van der Waals surface area contributed by atoms with Crippen molar-refractivity contribution in [2.24, 2.45) is 5.10 Å². The topological polar surface area (TPSA) is 134 Å². The van der Waals surface area contributed by atoms with E-state index in [1.54, 1.807) is 66.7 Å². The molecule has 4 aromatic rings. The summed E-state index contributed by atoms with van der Waals surface area (Å²) in [6.07, 6.45) is 1.40. The fourth-order valence-electron chi connectivity index (χ4n) is 4.06. The molecule has 1 heterocycles. The summed E-state index contributed by atoms with van der Waals surface area (Å²) >= 11 is 6.03. The molecule has 0 fully saturated rings. The molecular formula is C31H24ClN3O8. The number of rotatable bonds is 9. The van der Waals surface area contributed by atoms with E-state index in [1.165, 1.54) is 32.6 Å². The number of anilines is 1. The molecule has 0 bridgehead atoms. The third-order valence-corrected chi connectivity index (χ3v) is 6.40. The van der Waals surface area contributed by atoms with Crippen LogP contribution >= 0.6 is 11.6 Å². The van der Waals surface area contributed by atoms with Gasteiger partial charge in [-0.1, -0.05) is 17.7 Å². The van der Waals surface area contributed by atoms with E-state index >= 15 is 0 Å². The van der Waals surface area contributed by atoms with Gasteiger partial charge in [-0.25, -0.2) is 10.2 Å². The monoisotopic (exact) mass is 601 g/mol. The zero-order chi connectivity index (χ0) is 30.3. The molecule has 0 saturated carbocycles. The standard InChI is InChI=1S/C31H24ClN3O8/c1-39-24-11-8-21(32)15-23(24)30(37)34-22-5-3-4-19(13-22)29(36)35-33-16-18-6-9-26(27(12-18)40-2)43-31(38)20-7-10-25-28(14-20)42-17-41-25/h3-16H,17H2,1-2H3,(H,34,37)(H,35,36). The minimum Gasteiger partial charge on any atom is -0.496 e. The van der Waals surface area contributed by atoms with Crippen molar-refractivity contribution in [3.63, 3.8) is 0 Å². The second-order valence-electron chi connectivity index (χ2n) is 8.95. The van der Waals surface area contributed by atoms with E-state index in [4.69, 9.17) is 35.3 Å². The summed E-state index contributed by atoms with van der Waals surface area (Å²) in [6, 6.07) is 20.6. The van der Waals surface area contributed by atoms with E-state index in [1.807, 2.05) is 0 Å². The van der Waals surface area contributed by atoms with Crippen molar-refractivity contribution in [3.05, 3.63) is 106 Å². The lowest BCUT2D eigenvalue weighted by atomic mass is 10.1. The number of benzene rings is 4. The molecule has 43 heavy (non-hydrogen) atoms. The van der Waals surface area contributed by atoms with Gasteiger partial charge in [0.2, 0.25) is 6.79 Å². The van der Waals surface area contributed by atoms with Crippen molar-refractivity contribution in [1.82, 2.24) is 5.43 Å². The van der Waals surface area contributed by atoms with Crippen LogP contribution in [0.1, 0.15) is 36.6 Å². The van der Waals surface area contributed by atoms with Gasteiger partial charge in [0.1, 0.15) is 5.75 Å². The van der Waals surface area contributed by atoms with E-state index in [-0.39, 0.29) is 35.0 Å². The molecule has 0 unspecified atom stereocenters. The molecule has 5 rings (SSSR count). The van der Waals surface area contributed by atoms with Crippen molar-refractivity contribution in [2.75, 3.05) is 26.3 Å². The molecule has 1 aliphatic rings. The molecule has 0 aliphatic carbocycles. The normalized spacial score (nSPS) is 11.6. The molecule has 4 aromatic carbocycles. The summed E-state index contributed by atoms with van der Waals surface area (Å²) in [5, 5.41) is 7.12. The van der Waals surface area contributed by atoms with E-state index in [2.05, 4.69) is 15.8 Å². The average molecular weight is 602 g/mol. The Morgan fingerprint density at radius 1 is 0.814 bits per heavy atom. The first-order valence-corrected chi connectivity index (χ1v) is 13.1. The third-order valence-electron chi connectivity index (χ3n) is 6.17. The van der Waals surface area contributed by atoms with Gasteiger partial charge in [0.25, 0.3) is 11.8 Å². The number of hydrogen-bond acceptors (Lipinski definition) is 9. The second-order valence-corrected chi connectivity index (χ2v) is 9.38. The maximum atomic E-state index is 12.8. The van der Waals surface area contributed by atoms with Crippen LogP contribution in [-0.2, 0) is 0 Å². The third kappa shape index (κ3) is 6.85. The van der Waals surface area contributed by atoms with Gasteiger partial charge in [0, 0.05) is 16.3 Å². The van der Waals surface area contributed by atoms with Crippen LogP contribution in [-0.4, -0.2) is 45.0 Å². The molecule has 2 amide bonds. The number of esters is 1. The lowest BCUT2D eigenvalue weighted by Crippen LogP contribution is -2.18. The van der Waals surface area contributed by atoms with Gasteiger partial charge < -0.3 is 29.0 Å². The van der Waals surface area contributed by atoms with Crippen LogP contribution < -0.4 is 34.4 Å². The summed E-state index contributed by atoms with van der Waals surface area (Å²) in [5.74, 6) is 0.296. The number of fused-ring (bicyclic) bond motifs is 1. The van der Waals surface area contributed by atoms with Gasteiger partial charge in [-0.3, -0.25) is 9.59 Å². The Morgan fingerprint density at radius 2 is 1.60 bits per heavy atom. The fourth-order valence-corrected chi connectivity index (χ4v) is 4.23. The molecule has 0 radical (unpaired) electrons. The Bertz CT molecular complexity index is 1740. The van der Waals surface area contributed by atoms with Gasteiger partial charge >= 0.3 is 5.97 Å². The Balaban J connectivity index is 1.21. The Morgan fingerprint density at radius 3 is 2.42 bits per heavy atom. The molecule has 0 aromatic heterocycles. The van der Waals surface area contributed by atoms with E-state index < -0.39 is 17.8 Å². The molecule has 12 heteroatoms. The maximum absolute atomic E-state index is 12.8. The summed E-state index contributed by atoms with van der Waals surface area (Å²) in [5.41, 5.74) is 4.19. The highest BCUT2D eigenvalue weighted by atomic mass is 35.5. The van der Waals surface area contributed by atoms with E-state index in [0.29, 0.717) is 33.5 Å². The Kier molecular flexibility index (Phi) is 8.73. The quantitative estimate of drug-likeness (QED) is 0.114. The van der Waals surface area contributed by atoms with Gasteiger partial charge in [-0.2, -0.15) is 5.10 Å². The van der Waals surface area contributed by atoms with E-state index in [0.717, 1.165) is 0 Å². The lowest BCUT2D eigenvalue weighted by Gasteiger charge is -2.11. The largest absolute Gasteiger partial charge is 0.496 e. The van der Waals surface area contributed by atoms with Gasteiger partial charge in [-0.05, 0) is 78.4 Å². The lowest BCUT2D eigenvalue weighted by molar-refractivity contribution is 0.0728. The van der Waals surface area contributed by atoms with Gasteiger partial charge in [0.05, 0.1) is 31.6 Å². The molecular weight excluding hydrogens is 578 g/mol. The number of carbonyl (C=O) groups excluding carboxylic acids is 3. The zero-order valence-corrected chi connectivity index (χ0v) is 23.6. The van der Waals surface area contributed by atoms with Crippen LogP contribution in [0.5, 0.6) is 28.7 Å². The molecule has 0 spiro atoms. The number of halogens is 1. The molecule has 218 valence electrons. The molecule has 0 saturated heterocycles. The maximum Gasteiger partial charge on any atom is 0.343 e. The molecule has 0 atom stereocenters. The van der Waals surface area contributed by atoms with Crippen molar-refractivity contribution >= 4 is 41.3 Å². The summed E-state index contributed by atoms with van der Waals surface area (Å²) < 4.78 is 26.7. The number of hydrazone groups is 1. The summed E-state index contributed by atoms with van der Waals surface area (Å²) in [7, 11) is 2.89. The summed E-state index contributed by atoms with van der Waals surface area (Å²) in [4.78, 5) is 38.2. The molecule has 1 aliphatic heterocycles. The number of ether oxygens (including phenoxy) is 5. The smallest absolute Gasteiger partial charge is 0.343 e. The minimum absolute atomic E-state index is 0.0938. The number of methoxy groups -OCH3 is 2. The number of carbonyl (C=O) groups is 3. The van der Waals surface area contributed by atoms with Crippen molar-refractivity contribution in [3.8, 4) is 28.7 Å². The van der Waals surface area contributed by atoms with Crippen LogP contribution in [0.4, 0.5) is 5.69 Å². The number of hydrogen-bond donors (Lipinski definition) is 2. The van der Waals surface area contributed by atoms with Crippen LogP contribution in [0.3, 0.4) is 0 Å². The first kappa shape index (κ1) is 29.0. The van der Waals surface area contributed by atoms with Crippen LogP contribution in [0.15, 0.2) is 84.0 Å². The SMILES string of the molecule is COc1cc(C=NNC(=O)c2cccc(NC(=O)c3cc(Cl)ccc3OC)c2)ccc1OC(=O)c1ccc2c(c1)OCO2. The Labute approximate surface area is 250 Å². The highest BCUT2D eigenvalue weighted by Gasteiger charge is 2.19. The summed E-state index contributed by atoms with van der Waals surface area (Å²) in [6.45, 7) is 0.0938. The fraction of sp³-hybridized carbons (Fsp3) is 0.0968. The predicted molar refractivity (Wildman–Crippen MR) is 158 cm³/mol. The highest BCUT2D eigenvalue weighted by molar-refractivity contribution is 6.31. The van der Waals surface area contributed by atoms with Crippen molar-refractivity contribution in [1.29, 1.82) is 0 Å². The zero-order valence-electron chi connectivity index (χ0n) is 22.9. The van der Waals surface area contributed by atoms with Crippen molar-refractivity contribution in [2.45, 2.75) is 0 Å². The molecule has 2 N–H and O–H groups in total. The second kappa shape index (κ2) is 13.0. The molecule has 11 nitrogen and oxygen atoms in total. The first-order valence-electron chi connectivity index (χ1n) is 12.7. The number of nitrogens with zero attached hydrogens (tertiary/aromatic N) is 1. The highest BCUT2D eigenvalue weighted by Crippen LogP contribution is 2.34. The van der Waals surface area contributed by atoms with Gasteiger partial charge in [-0.15, -0.1) is 0 Å². The van der Waals surface area contributed by atoms with E-state index in [9.17, 15) is 14.4 Å². The van der Waals surface area contributed by atoms with Crippen LogP contribution in [0.25, 0.3) is 0 Å². The predicted octanol–water partition coefficient (Wildman–Crippen LogP) is 5.32. The van der Waals surface area contributed by atoms with Gasteiger partial charge in [0.15, 0.2) is 23.0 Å². The number of amides is 2. The van der Waals surface area contributed by atoms with Crippen LogP contribution in [0, 0.1) is 0 Å². The van der Waals surface area contributed by atoms with Crippen LogP contribution in [0.2, 0.25) is 5.02 Å². The minimum atomic E-state index is -0.601. The first-order chi connectivity index (χ1) is 20.8. The average Bonchev–Trinajstić information content (AvgIpc) is 3.50. The number of nitrogens with one attached hydrogen (secondary N) is 2. The Hall–Kier alpha value is -5.55. The van der Waals surface area contributed by atoms with Crippen molar-refractivity contribution < 1.29 is 38.1 Å².